The first-order valence-electron chi connectivity index (χ1n) is 6.22. The van der Waals surface area contributed by atoms with E-state index in [4.69, 9.17) is 9.47 Å². The van der Waals surface area contributed by atoms with Crippen LogP contribution in [-0.2, 0) is 0 Å². The van der Waals surface area contributed by atoms with Crippen LogP contribution < -0.4 is 9.47 Å². The van der Waals surface area contributed by atoms with Crippen molar-refractivity contribution in [3.05, 3.63) is 17.2 Å². The summed E-state index contributed by atoms with van der Waals surface area (Å²) in [5.74, 6) is 2.61. The normalized spacial score (nSPS) is 12.3. The Labute approximate surface area is 127 Å². The van der Waals surface area contributed by atoms with Gasteiger partial charge in [-0.3, -0.25) is 0 Å². The van der Waals surface area contributed by atoms with Crippen molar-refractivity contribution in [2.24, 2.45) is 0 Å². The summed E-state index contributed by atoms with van der Waals surface area (Å²) < 4.78 is 10.9. The number of halogens is 1. The summed E-state index contributed by atoms with van der Waals surface area (Å²) in [6, 6.07) is 1.74. The van der Waals surface area contributed by atoms with Crippen LogP contribution >= 0.6 is 27.7 Å². The van der Waals surface area contributed by atoms with Gasteiger partial charge in [-0.15, -0.1) is 0 Å². The van der Waals surface area contributed by atoms with Crippen molar-refractivity contribution in [1.29, 1.82) is 0 Å². The Morgan fingerprint density at radius 1 is 1.32 bits per heavy atom. The van der Waals surface area contributed by atoms with Crippen molar-refractivity contribution in [3.8, 4) is 17.2 Å². The molecule has 0 aromatic heterocycles. The molecule has 0 aliphatic rings. The molecule has 0 fully saturated rings. The molecule has 0 bridgehead atoms. The van der Waals surface area contributed by atoms with Gasteiger partial charge in [0.2, 0.25) is 0 Å². The van der Waals surface area contributed by atoms with E-state index in [0.717, 1.165) is 28.6 Å². The largest absolute Gasteiger partial charge is 0.507 e. The van der Waals surface area contributed by atoms with E-state index < -0.39 is 0 Å². The fraction of sp³-hybridized carbons (Fsp3) is 0.571. The van der Waals surface area contributed by atoms with Crippen LogP contribution in [0.3, 0.4) is 0 Å². The molecule has 1 unspecified atom stereocenters. The molecular weight excluding hydrogens is 328 g/mol. The third kappa shape index (κ3) is 3.72. The zero-order chi connectivity index (χ0) is 14.4. The molecule has 1 aromatic rings. The summed E-state index contributed by atoms with van der Waals surface area (Å²) >= 11 is 5.27. The number of phenols is 1. The Kier molecular flexibility index (Phi) is 6.86. The Hall–Kier alpha value is -0.550. The number of aromatic hydroxyl groups is 1. The van der Waals surface area contributed by atoms with Gasteiger partial charge in [0.15, 0.2) is 11.5 Å². The third-order valence-electron chi connectivity index (χ3n) is 2.91. The predicted molar refractivity (Wildman–Crippen MR) is 85.2 cm³/mol. The Morgan fingerprint density at radius 2 is 1.95 bits per heavy atom. The van der Waals surface area contributed by atoms with Gasteiger partial charge in [0, 0.05) is 10.6 Å². The number of hydrogen-bond donors (Lipinski definition) is 1. The highest BCUT2D eigenvalue weighted by Crippen LogP contribution is 2.48. The Bertz CT molecular complexity index is 418. The maximum absolute atomic E-state index is 10.3. The molecule has 1 atom stereocenters. The molecule has 0 spiro atoms. The van der Waals surface area contributed by atoms with Crippen LogP contribution in [0.4, 0.5) is 0 Å². The average Bonchev–Trinajstić information content (AvgIpc) is 2.37. The topological polar surface area (TPSA) is 38.7 Å². The van der Waals surface area contributed by atoms with E-state index in [2.05, 4.69) is 22.9 Å². The van der Waals surface area contributed by atoms with Gasteiger partial charge >= 0.3 is 0 Å². The summed E-state index contributed by atoms with van der Waals surface area (Å²) in [6.07, 6.45) is 0.925. The molecule has 0 radical (unpaired) electrons. The summed E-state index contributed by atoms with van der Waals surface area (Å²) in [4.78, 5) is 0. The smallest absolute Gasteiger partial charge is 0.169 e. The predicted octanol–water partition coefficient (Wildman–Crippen LogP) is 4.30. The molecule has 1 aromatic carbocycles. The van der Waals surface area contributed by atoms with Gasteiger partial charge in [0.1, 0.15) is 5.75 Å². The maximum Gasteiger partial charge on any atom is 0.169 e. The molecule has 0 saturated carbocycles. The number of alkyl halides is 1. The van der Waals surface area contributed by atoms with Crippen LogP contribution in [0.2, 0.25) is 0 Å². The molecule has 0 saturated heterocycles. The van der Waals surface area contributed by atoms with Crippen LogP contribution in [0.25, 0.3) is 0 Å². The SMILES string of the molecule is CCSC(CCBr)c1c(O)cc(C)c(OC)c1OC. The van der Waals surface area contributed by atoms with Crippen molar-refractivity contribution in [3.63, 3.8) is 0 Å². The van der Waals surface area contributed by atoms with Crippen molar-refractivity contribution < 1.29 is 14.6 Å². The fourth-order valence-electron chi connectivity index (χ4n) is 2.14. The van der Waals surface area contributed by atoms with Gasteiger partial charge in [-0.25, -0.2) is 0 Å². The molecule has 19 heavy (non-hydrogen) atoms. The molecular formula is C14H21BrO3S. The number of rotatable bonds is 7. The lowest BCUT2D eigenvalue weighted by Crippen LogP contribution is -2.03. The fourth-order valence-corrected chi connectivity index (χ4v) is 3.99. The highest BCUT2D eigenvalue weighted by Gasteiger charge is 2.24. The standard InChI is InChI=1S/C14H21BrO3S/c1-5-19-11(6-7-15)12-10(16)8-9(2)13(17-3)14(12)18-4/h8,11,16H,5-7H2,1-4H3. The lowest BCUT2D eigenvalue weighted by atomic mass is 10.0. The minimum atomic E-state index is 0.189. The lowest BCUT2D eigenvalue weighted by molar-refractivity contribution is 0.344. The van der Waals surface area contributed by atoms with Crippen LogP contribution in [0.5, 0.6) is 17.2 Å². The van der Waals surface area contributed by atoms with Crippen molar-refractivity contribution in [2.45, 2.75) is 25.5 Å². The van der Waals surface area contributed by atoms with Gasteiger partial charge in [-0.2, -0.15) is 11.8 Å². The van der Waals surface area contributed by atoms with Crippen LogP contribution in [0, 0.1) is 6.92 Å². The number of hydrogen-bond acceptors (Lipinski definition) is 4. The van der Waals surface area contributed by atoms with E-state index in [0.29, 0.717) is 11.5 Å². The minimum absolute atomic E-state index is 0.189. The Balaban J connectivity index is 3.37. The first kappa shape index (κ1) is 16.5. The molecule has 108 valence electrons. The highest BCUT2D eigenvalue weighted by molar-refractivity contribution is 9.09. The first-order chi connectivity index (χ1) is 9.10. The molecule has 0 heterocycles. The van der Waals surface area contributed by atoms with Crippen molar-refractivity contribution in [1.82, 2.24) is 0 Å². The quantitative estimate of drug-likeness (QED) is 0.745. The van der Waals surface area contributed by atoms with E-state index >= 15 is 0 Å². The molecule has 5 heteroatoms. The number of thioether (sulfide) groups is 1. The summed E-state index contributed by atoms with van der Waals surface area (Å²) in [5, 5.41) is 11.3. The van der Waals surface area contributed by atoms with E-state index in [1.54, 1.807) is 32.0 Å². The van der Waals surface area contributed by atoms with Gasteiger partial charge in [0.05, 0.1) is 19.8 Å². The van der Waals surface area contributed by atoms with E-state index in [1.165, 1.54) is 0 Å². The molecule has 3 nitrogen and oxygen atoms in total. The second-order valence-corrected chi connectivity index (χ2v) is 6.39. The zero-order valence-electron chi connectivity index (χ0n) is 11.8. The monoisotopic (exact) mass is 348 g/mol. The molecule has 1 rings (SSSR count). The third-order valence-corrected chi connectivity index (χ3v) is 4.57. The molecule has 0 aliphatic heterocycles. The van der Waals surface area contributed by atoms with Crippen LogP contribution in [0.15, 0.2) is 6.07 Å². The summed E-state index contributed by atoms with van der Waals surface area (Å²) in [5.41, 5.74) is 1.70. The first-order valence-corrected chi connectivity index (χ1v) is 8.39. The zero-order valence-corrected chi connectivity index (χ0v) is 14.2. The van der Waals surface area contributed by atoms with Crippen LogP contribution in [-0.4, -0.2) is 30.4 Å². The molecule has 0 aliphatic carbocycles. The summed E-state index contributed by atoms with van der Waals surface area (Å²) in [6.45, 7) is 4.01. The summed E-state index contributed by atoms with van der Waals surface area (Å²) in [7, 11) is 3.24. The maximum atomic E-state index is 10.3. The van der Waals surface area contributed by atoms with E-state index in [9.17, 15) is 5.11 Å². The van der Waals surface area contributed by atoms with Crippen molar-refractivity contribution in [2.75, 3.05) is 25.3 Å². The molecule has 1 N–H and O–H groups in total. The highest BCUT2D eigenvalue weighted by atomic mass is 79.9. The van der Waals surface area contributed by atoms with Gasteiger partial charge in [-0.05, 0) is 30.7 Å². The van der Waals surface area contributed by atoms with Crippen LogP contribution in [0.1, 0.15) is 29.7 Å². The second-order valence-electron chi connectivity index (χ2n) is 4.11. The second kappa shape index (κ2) is 7.90. The van der Waals surface area contributed by atoms with E-state index in [1.807, 2.05) is 6.92 Å². The van der Waals surface area contributed by atoms with Gasteiger partial charge in [0.25, 0.3) is 0 Å². The molecule has 0 amide bonds. The number of phenolic OH excluding ortho intramolecular Hbond substituents is 1. The Morgan fingerprint density at radius 3 is 2.42 bits per heavy atom. The lowest BCUT2D eigenvalue weighted by Gasteiger charge is -2.22. The minimum Gasteiger partial charge on any atom is -0.507 e. The van der Waals surface area contributed by atoms with Crippen molar-refractivity contribution >= 4 is 27.7 Å². The van der Waals surface area contributed by atoms with E-state index in [-0.39, 0.29) is 11.0 Å². The number of methoxy groups -OCH3 is 2. The number of benzene rings is 1. The average molecular weight is 349 g/mol. The number of ether oxygens (including phenoxy) is 2. The number of aryl methyl sites for hydroxylation is 1. The van der Waals surface area contributed by atoms with Gasteiger partial charge in [-0.1, -0.05) is 22.9 Å². The van der Waals surface area contributed by atoms with Gasteiger partial charge < -0.3 is 14.6 Å².